The van der Waals surface area contributed by atoms with Gasteiger partial charge in [0.05, 0.1) is 13.7 Å². The molecule has 0 saturated carbocycles. The average Bonchev–Trinajstić information content (AvgIpc) is 2.85. The molecule has 1 saturated heterocycles. The predicted octanol–water partition coefficient (Wildman–Crippen LogP) is 0.976. The summed E-state index contributed by atoms with van der Waals surface area (Å²) < 4.78 is 5.09. The minimum absolute atomic E-state index is 0.0790. The molecule has 20 heavy (non-hydrogen) atoms. The van der Waals surface area contributed by atoms with Crippen LogP contribution in [0.5, 0.6) is 5.75 Å². The monoisotopic (exact) mass is 276 g/mol. The van der Waals surface area contributed by atoms with E-state index in [0.29, 0.717) is 19.5 Å². The van der Waals surface area contributed by atoms with Gasteiger partial charge >= 0.3 is 0 Å². The second-order valence-corrected chi connectivity index (χ2v) is 4.87. The van der Waals surface area contributed by atoms with Crippen LogP contribution in [0.15, 0.2) is 24.3 Å². The number of nitrogens with zero attached hydrogens (tertiary/aromatic N) is 1. The Morgan fingerprint density at radius 3 is 2.70 bits per heavy atom. The number of rotatable bonds is 6. The molecule has 1 N–H and O–H groups in total. The summed E-state index contributed by atoms with van der Waals surface area (Å²) >= 11 is 0. The van der Waals surface area contributed by atoms with Crippen LogP contribution in [-0.2, 0) is 16.0 Å². The molecule has 0 aromatic heterocycles. The molecule has 1 aromatic rings. The second kappa shape index (κ2) is 6.93. The maximum Gasteiger partial charge on any atom is 0.239 e. The Hall–Kier alpha value is -2.04. The molecule has 1 aliphatic heterocycles. The molecule has 0 unspecified atom stereocenters. The van der Waals surface area contributed by atoms with Gasteiger partial charge in [0.2, 0.25) is 11.8 Å². The fraction of sp³-hybridized carbons (Fsp3) is 0.467. The van der Waals surface area contributed by atoms with Crippen LogP contribution in [0.1, 0.15) is 18.4 Å². The molecule has 1 aromatic carbocycles. The lowest BCUT2D eigenvalue weighted by Crippen LogP contribution is -2.38. The van der Waals surface area contributed by atoms with Crippen molar-refractivity contribution in [2.45, 2.75) is 19.3 Å². The zero-order chi connectivity index (χ0) is 14.4. The van der Waals surface area contributed by atoms with Gasteiger partial charge in [-0.3, -0.25) is 9.59 Å². The first-order valence-corrected chi connectivity index (χ1v) is 6.86. The van der Waals surface area contributed by atoms with Crippen molar-refractivity contribution >= 4 is 11.8 Å². The molecule has 0 radical (unpaired) electrons. The molecule has 108 valence electrons. The van der Waals surface area contributed by atoms with Gasteiger partial charge in [-0.05, 0) is 30.5 Å². The summed E-state index contributed by atoms with van der Waals surface area (Å²) in [6, 6.07) is 7.77. The van der Waals surface area contributed by atoms with Gasteiger partial charge in [0.25, 0.3) is 0 Å². The number of hydrogen-bond acceptors (Lipinski definition) is 3. The van der Waals surface area contributed by atoms with E-state index in [1.807, 2.05) is 24.3 Å². The van der Waals surface area contributed by atoms with Crippen LogP contribution < -0.4 is 10.1 Å². The normalized spacial score (nSPS) is 14.4. The largest absolute Gasteiger partial charge is 0.497 e. The number of hydrogen-bond donors (Lipinski definition) is 1. The highest BCUT2D eigenvalue weighted by molar-refractivity contribution is 5.85. The Kier molecular flexibility index (Phi) is 4.98. The minimum Gasteiger partial charge on any atom is -0.497 e. The molecule has 0 aliphatic carbocycles. The van der Waals surface area contributed by atoms with E-state index in [0.717, 1.165) is 24.2 Å². The van der Waals surface area contributed by atoms with E-state index in [1.54, 1.807) is 12.0 Å². The van der Waals surface area contributed by atoms with E-state index in [4.69, 9.17) is 4.74 Å². The van der Waals surface area contributed by atoms with Gasteiger partial charge in [0, 0.05) is 19.5 Å². The highest BCUT2D eigenvalue weighted by Crippen LogP contribution is 2.11. The summed E-state index contributed by atoms with van der Waals surface area (Å²) in [6.07, 6.45) is 2.20. The lowest BCUT2D eigenvalue weighted by molar-refractivity contribution is -0.133. The van der Waals surface area contributed by atoms with Crippen LogP contribution in [-0.4, -0.2) is 43.5 Å². The highest BCUT2D eigenvalue weighted by atomic mass is 16.5. The smallest absolute Gasteiger partial charge is 0.239 e. The summed E-state index contributed by atoms with van der Waals surface area (Å²) in [5.74, 6) is 0.814. The quantitative estimate of drug-likeness (QED) is 0.842. The number of carbonyl (C=O) groups excluding carboxylic acids is 2. The summed E-state index contributed by atoms with van der Waals surface area (Å²) in [6.45, 7) is 1.46. The molecule has 0 atom stereocenters. The van der Waals surface area contributed by atoms with E-state index < -0.39 is 0 Å². The fourth-order valence-electron chi connectivity index (χ4n) is 2.24. The number of methoxy groups -OCH3 is 1. The second-order valence-electron chi connectivity index (χ2n) is 4.87. The fourth-order valence-corrected chi connectivity index (χ4v) is 2.24. The topological polar surface area (TPSA) is 58.6 Å². The zero-order valence-corrected chi connectivity index (χ0v) is 11.7. The molecular formula is C15H20N2O3. The standard InChI is InChI=1S/C15H20N2O3/c1-20-13-6-4-12(5-7-13)8-9-16-14(18)11-17-10-2-3-15(17)19/h4-7H,2-3,8-11H2,1H3,(H,16,18). The van der Waals surface area contributed by atoms with E-state index in [2.05, 4.69) is 5.32 Å². The third kappa shape index (κ3) is 3.98. The van der Waals surface area contributed by atoms with Crippen LogP contribution in [0.4, 0.5) is 0 Å². The Balaban J connectivity index is 1.69. The van der Waals surface area contributed by atoms with Crippen molar-refractivity contribution in [2.75, 3.05) is 26.7 Å². The van der Waals surface area contributed by atoms with Gasteiger partial charge in [-0.2, -0.15) is 0 Å². The van der Waals surface area contributed by atoms with Crippen LogP contribution in [0.25, 0.3) is 0 Å². The highest BCUT2D eigenvalue weighted by Gasteiger charge is 2.21. The van der Waals surface area contributed by atoms with Crippen molar-refractivity contribution in [1.29, 1.82) is 0 Å². The number of likely N-dealkylation sites (tertiary alicyclic amines) is 1. The van der Waals surface area contributed by atoms with Crippen LogP contribution in [0, 0.1) is 0 Å². The first-order chi connectivity index (χ1) is 9.69. The van der Waals surface area contributed by atoms with Gasteiger partial charge in [0.1, 0.15) is 5.75 Å². The molecule has 5 nitrogen and oxygen atoms in total. The summed E-state index contributed by atoms with van der Waals surface area (Å²) in [5, 5.41) is 2.84. The van der Waals surface area contributed by atoms with Gasteiger partial charge in [-0.1, -0.05) is 12.1 Å². The van der Waals surface area contributed by atoms with E-state index in [9.17, 15) is 9.59 Å². The molecule has 2 rings (SSSR count). The number of benzene rings is 1. The van der Waals surface area contributed by atoms with Gasteiger partial charge in [-0.25, -0.2) is 0 Å². The molecule has 2 amide bonds. The van der Waals surface area contributed by atoms with E-state index in [-0.39, 0.29) is 18.4 Å². The van der Waals surface area contributed by atoms with Crippen molar-refractivity contribution in [1.82, 2.24) is 10.2 Å². The van der Waals surface area contributed by atoms with E-state index in [1.165, 1.54) is 0 Å². The van der Waals surface area contributed by atoms with Crippen LogP contribution in [0.3, 0.4) is 0 Å². The summed E-state index contributed by atoms with van der Waals surface area (Å²) in [5.41, 5.74) is 1.14. The molecular weight excluding hydrogens is 256 g/mol. The van der Waals surface area contributed by atoms with Crippen LogP contribution in [0.2, 0.25) is 0 Å². The first-order valence-electron chi connectivity index (χ1n) is 6.86. The number of ether oxygens (including phenoxy) is 1. The van der Waals surface area contributed by atoms with Crippen molar-refractivity contribution in [3.63, 3.8) is 0 Å². The molecule has 0 bridgehead atoms. The Labute approximate surface area is 118 Å². The van der Waals surface area contributed by atoms with Crippen molar-refractivity contribution < 1.29 is 14.3 Å². The Morgan fingerprint density at radius 2 is 2.10 bits per heavy atom. The van der Waals surface area contributed by atoms with E-state index >= 15 is 0 Å². The van der Waals surface area contributed by atoms with Gasteiger partial charge in [0.15, 0.2) is 0 Å². The molecule has 5 heteroatoms. The first kappa shape index (κ1) is 14.4. The molecule has 1 aliphatic rings. The van der Waals surface area contributed by atoms with Crippen molar-refractivity contribution in [3.8, 4) is 5.75 Å². The maximum absolute atomic E-state index is 11.7. The number of amides is 2. The lowest BCUT2D eigenvalue weighted by atomic mass is 10.1. The summed E-state index contributed by atoms with van der Waals surface area (Å²) in [7, 11) is 1.63. The number of nitrogens with one attached hydrogen (secondary N) is 1. The Morgan fingerprint density at radius 1 is 1.35 bits per heavy atom. The maximum atomic E-state index is 11.7. The Bertz CT molecular complexity index is 471. The molecule has 1 heterocycles. The predicted molar refractivity (Wildman–Crippen MR) is 75.5 cm³/mol. The number of carbonyl (C=O) groups is 2. The summed E-state index contributed by atoms with van der Waals surface area (Å²) in [4.78, 5) is 24.7. The van der Waals surface area contributed by atoms with Crippen molar-refractivity contribution in [2.24, 2.45) is 0 Å². The zero-order valence-electron chi connectivity index (χ0n) is 11.7. The third-order valence-electron chi connectivity index (χ3n) is 3.40. The van der Waals surface area contributed by atoms with Gasteiger partial charge in [-0.15, -0.1) is 0 Å². The van der Waals surface area contributed by atoms with Crippen molar-refractivity contribution in [3.05, 3.63) is 29.8 Å². The third-order valence-corrected chi connectivity index (χ3v) is 3.40. The van der Waals surface area contributed by atoms with Crippen LogP contribution >= 0.6 is 0 Å². The minimum atomic E-state index is -0.0891. The average molecular weight is 276 g/mol. The SMILES string of the molecule is COc1ccc(CCNC(=O)CN2CCCC2=O)cc1. The molecule has 0 spiro atoms. The van der Waals surface area contributed by atoms with Gasteiger partial charge < -0.3 is 15.0 Å². The lowest BCUT2D eigenvalue weighted by Gasteiger charge is -2.14. The molecule has 1 fully saturated rings.